The molecule has 138 valence electrons. The highest BCUT2D eigenvalue weighted by Crippen LogP contribution is 2.21. The molecule has 1 aromatic rings. The van der Waals surface area contributed by atoms with Crippen molar-refractivity contribution in [3.8, 4) is 0 Å². The van der Waals surface area contributed by atoms with Crippen LogP contribution in [0.2, 0.25) is 0 Å². The Labute approximate surface area is 158 Å². The predicted octanol–water partition coefficient (Wildman–Crippen LogP) is 3.03. The van der Waals surface area contributed by atoms with Crippen molar-refractivity contribution in [1.29, 1.82) is 0 Å². The number of carbonyl (C=O) groups excluding carboxylic acids is 1. The summed E-state index contributed by atoms with van der Waals surface area (Å²) < 4.78 is 0. The average molecular weight is 376 g/mol. The molecule has 0 aromatic heterocycles. The Morgan fingerprint density at radius 3 is 2.46 bits per heavy atom. The fraction of sp³-hybridized carbons (Fsp3) is 0.611. The highest BCUT2D eigenvalue weighted by molar-refractivity contribution is 5.85. The molecule has 4 nitrogen and oxygen atoms in total. The summed E-state index contributed by atoms with van der Waals surface area (Å²) in [6.07, 6.45) is 2.41. The zero-order valence-corrected chi connectivity index (χ0v) is 16.3. The van der Waals surface area contributed by atoms with Crippen molar-refractivity contribution in [2.45, 2.75) is 32.7 Å². The maximum absolute atomic E-state index is 12.8. The number of likely N-dealkylation sites (N-methyl/N-ethyl adjacent to an activating group) is 1. The molecular weight excluding hydrogens is 345 g/mol. The molecule has 2 N–H and O–H groups in total. The Morgan fingerprint density at radius 2 is 1.92 bits per heavy atom. The van der Waals surface area contributed by atoms with Crippen LogP contribution in [0, 0.1) is 5.92 Å². The Hall–Kier alpha value is -0.810. The normalized spacial score (nSPS) is 18.2. The molecule has 0 radical (unpaired) electrons. The lowest BCUT2D eigenvalue weighted by atomic mass is 9.99. The third-order valence-electron chi connectivity index (χ3n) is 4.51. The van der Waals surface area contributed by atoms with E-state index in [4.69, 9.17) is 0 Å². The lowest BCUT2D eigenvalue weighted by Gasteiger charge is -2.30. The van der Waals surface area contributed by atoms with Crippen LogP contribution in [0.1, 0.15) is 38.3 Å². The van der Waals surface area contributed by atoms with Crippen molar-refractivity contribution < 1.29 is 4.79 Å². The summed E-state index contributed by atoms with van der Waals surface area (Å²) >= 11 is 0. The minimum absolute atomic E-state index is 0. The van der Waals surface area contributed by atoms with Crippen LogP contribution >= 0.6 is 24.8 Å². The fourth-order valence-electron chi connectivity index (χ4n) is 3.19. The molecule has 6 heteroatoms. The first kappa shape index (κ1) is 23.2. The lowest BCUT2D eigenvalue weighted by molar-refractivity contribution is -0.126. The van der Waals surface area contributed by atoms with Crippen molar-refractivity contribution in [2.24, 2.45) is 5.92 Å². The number of rotatable bonds is 7. The summed E-state index contributed by atoms with van der Waals surface area (Å²) in [4.78, 5) is 15.0. The fourth-order valence-corrected chi connectivity index (χ4v) is 3.19. The van der Waals surface area contributed by atoms with E-state index in [1.165, 1.54) is 12.8 Å². The van der Waals surface area contributed by atoms with E-state index in [1.54, 1.807) is 0 Å². The SMILES string of the molecule is CCN(CC)C(C(=O)NCC1CCCNC1)c1ccccc1.Cl.Cl. The van der Waals surface area contributed by atoms with E-state index in [1.807, 2.05) is 30.3 Å². The number of halogens is 2. The van der Waals surface area contributed by atoms with Crippen LogP contribution in [-0.2, 0) is 4.79 Å². The standard InChI is InChI=1S/C18H29N3O.2ClH/c1-3-21(4-2)17(16-10-6-5-7-11-16)18(22)20-14-15-9-8-12-19-13-15;;/h5-7,10-11,15,17,19H,3-4,8-9,12-14H2,1-2H3,(H,20,22);2*1H. The quantitative estimate of drug-likeness (QED) is 0.769. The number of carbonyl (C=O) groups is 1. The van der Waals surface area contributed by atoms with Gasteiger partial charge in [0.25, 0.3) is 0 Å². The van der Waals surface area contributed by atoms with Gasteiger partial charge in [-0.1, -0.05) is 44.2 Å². The van der Waals surface area contributed by atoms with Crippen LogP contribution in [0.15, 0.2) is 30.3 Å². The molecule has 1 aliphatic rings. The number of nitrogens with zero attached hydrogens (tertiary/aromatic N) is 1. The van der Waals surface area contributed by atoms with Crippen LogP contribution in [0.25, 0.3) is 0 Å². The predicted molar refractivity (Wildman–Crippen MR) is 105 cm³/mol. The number of nitrogens with one attached hydrogen (secondary N) is 2. The largest absolute Gasteiger partial charge is 0.354 e. The highest BCUT2D eigenvalue weighted by atomic mass is 35.5. The van der Waals surface area contributed by atoms with Gasteiger partial charge in [0.1, 0.15) is 6.04 Å². The second kappa shape index (κ2) is 12.5. The zero-order valence-electron chi connectivity index (χ0n) is 14.7. The summed E-state index contributed by atoms with van der Waals surface area (Å²) in [6.45, 7) is 8.85. The Bertz CT molecular complexity index is 449. The van der Waals surface area contributed by atoms with Gasteiger partial charge in [-0.15, -0.1) is 24.8 Å². The number of benzene rings is 1. The van der Waals surface area contributed by atoms with Gasteiger partial charge in [0.05, 0.1) is 0 Å². The van der Waals surface area contributed by atoms with E-state index in [9.17, 15) is 4.79 Å². The Morgan fingerprint density at radius 1 is 1.25 bits per heavy atom. The third-order valence-corrected chi connectivity index (χ3v) is 4.51. The summed E-state index contributed by atoms with van der Waals surface area (Å²) in [5.74, 6) is 0.686. The first-order valence-electron chi connectivity index (χ1n) is 8.53. The number of amides is 1. The van der Waals surface area contributed by atoms with Gasteiger partial charge in [-0.05, 0) is 50.5 Å². The molecule has 0 spiro atoms. The number of hydrogen-bond acceptors (Lipinski definition) is 3. The molecule has 2 unspecified atom stereocenters. The molecule has 1 fully saturated rings. The van der Waals surface area contributed by atoms with Crippen LogP contribution in [0.5, 0.6) is 0 Å². The summed E-state index contributed by atoms with van der Waals surface area (Å²) in [7, 11) is 0. The van der Waals surface area contributed by atoms with Crippen LogP contribution < -0.4 is 10.6 Å². The van der Waals surface area contributed by atoms with Crippen LogP contribution in [0.4, 0.5) is 0 Å². The average Bonchev–Trinajstić information content (AvgIpc) is 2.59. The van der Waals surface area contributed by atoms with E-state index in [0.717, 1.165) is 38.3 Å². The van der Waals surface area contributed by atoms with Crippen molar-refractivity contribution in [1.82, 2.24) is 15.5 Å². The van der Waals surface area contributed by atoms with Gasteiger partial charge in [0.2, 0.25) is 5.91 Å². The topological polar surface area (TPSA) is 44.4 Å². The highest BCUT2D eigenvalue weighted by Gasteiger charge is 2.26. The Balaban J connectivity index is 0.00000264. The van der Waals surface area contributed by atoms with E-state index in [2.05, 4.69) is 29.4 Å². The van der Waals surface area contributed by atoms with Gasteiger partial charge < -0.3 is 10.6 Å². The van der Waals surface area contributed by atoms with Crippen molar-refractivity contribution in [3.63, 3.8) is 0 Å². The molecular formula is C18H31Cl2N3O. The second-order valence-corrected chi connectivity index (χ2v) is 5.99. The first-order valence-corrected chi connectivity index (χ1v) is 8.53. The summed E-state index contributed by atoms with van der Waals surface area (Å²) in [5, 5.41) is 6.58. The minimum Gasteiger partial charge on any atom is -0.354 e. The van der Waals surface area contributed by atoms with Gasteiger partial charge >= 0.3 is 0 Å². The molecule has 1 heterocycles. The van der Waals surface area contributed by atoms with Gasteiger partial charge in [0, 0.05) is 6.54 Å². The minimum atomic E-state index is -0.187. The molecule has 1 aliphatic heterocycles. The van der Waals surface area contributed by atoms with Crippen molar-refractivity contribution in [3.05, 3.63) is 35.9 Å². The number of hydrogen-bond donors (Lipinski definition) is 2. The number of piperidine rings is 1. The molecule has 1 saturated heterocycles. The molecule has 0 bridgehead atoms. The Kier molecular flexibility index (Phi) is 12.1. The van der Waals surface area contributed by atoms with Crippen molar-refractivity contribution >= 4 is 30.7 Å². The first-order chi connectivity index (χ1) is 10.8. The summed E-state index contributed by atoms with van der Waals surface area (Å²) in [6, 6.07) is 9.91. The van der Waals surface area contributed by atoms with Gasteiger partial charge in [0.15, 0.2) is 0 Å². The zero-order chi connectivity index (χ0) is 15.8. The lowest BCUT2D eigenvalue weighted by Crippen LogP contribution is -2.44. The van der Waals surface area contributed by atoms with E-state index >= 15 is 0 Å². The maximum Gasteiger partial charge on any atom is 0.241 e. The molecule has 1 amide bonds. The van der Waals surface area contributed by atoms with E-state index in [-0.39, 0.29) is 36.8 Å². The maximum atomic E-state index is 12.8. The molecule has 0 saturated carbocycles. The summed E-state index contributed by atoms with van der Waals surface area (Å²) in [5.41, 5.74) is 1.07. The van der Waals surface area contributed by atoms with E-state index < -0.39 is 0 Å². The monoisotopic (exact) mass is 375 g/mol. The van der Waals surface area contributed by atoms with Crippen LogP contribution in [0.3, 0.4) is 0 Å². The van der Waals surface area contributed by atoms with Gasteiger partial charge in [-0.25, -0.2) is 0 Å². The molecule has 1 aromatic carbocycles. The van der Waals surface area contributed by atoms with Crippen LogP contribution in [-0.4, -0.2) is 43.5 Å². The molecule has 2 rings (SSSR count). The van der Waals surface area contributed by atoms with Gasteiger partial charge in [-0.3, -0.25) is 9.69 Å². The molecule has 0 aliphatic carbocycles. The molecule has 2 atom stereocenters. The van der Waals surface area contributed by atoms with Crippen molar-refractivity contribution in [2.75, 3.05) is 32.7 Å². The smallest absolute Gasteiger partial charge is 0.241 e. The second-order valence-electron chi connectivity index (χ2n) is 5.99. The van der Waals surface area contributed by atoms with Gasteiger partial charge in [-0.2, -0.15) is 0 Å². The third kappa shape index (κ3) is 6.60. The molecule has 24 heavy (non-hydrogen) atoms. The van der Waals surface area contributed by atoms with E-state index in [0.29, 0.717) is 5.92 Å².